The summed E-state index contributed by atoms with van der Waals surface area (Å²) in [5, 5.41) is 2.99. The molecular weight excluding hydrogens is 230 g/mol. The summed E-state index contributed by atoms with van der Waals surface area (Å²) in [5.41, 5.74) is -0.318. The number of nitrogens with one attached hydrogen (secondary N) is 1. The van der Waals surface area contributed by atoms with Gasteiger partial charge in [-0.15, -0.1) is 0 Å². The zero-order valence-electron chi connectivity index (χ0n) is 10.1. The van der Waals surface area contributed by atoms with Crippen molar-refractivity contribution in [2.75, 3.05) is 13.1 Å². The van der Waals surface area contributed by atoms with Crippen molar-refractivity contribution in [1.82, 2.24) is 5.32 Å². The van der Waals surface area contributed by atoms with E-state index in [2.05, 4.69) is 10.1 Å². The van der Waals surface area contributed by atoms with Gasteiger partial charge in [0.2, 0.25) is 5.24 Å². The summed E-state index contributed by atoms with van der Waals surface area (Å²) in [5.74, 6) is 0.118. The standard InChI is InChI=1S/C6H10ClNO.C5H10O2/c7-6(9)5-1-3-8-4-2-5;1-5(2,3)7-4-6/h5,8H,1-4H2;4H,1-3H3. The van der Waals surface area contributed by atoms with Crippen LogP contribution in [0.3, 0.4) is 0 Å². The molecule has 1 N–H and O–H groups in total. The molecule has 0 unspecified atom stereocenters. The van der Waals surface area contributed by atoms with Gasteiger partial charge in [-0.25, -0.2) is 0 Å². The molecule has 0 amide bonds. The number of halogens is 1. The molecule has 0 bridgehead atoms. The first-order valence-electron chi connectivity index (χ1n) is 5.38. The van der Waals surface area contributed by atoms with Crippen molar-refractivity contribution >= 4 is 23.3 Å². The zero-order valence-corrected chi connectivity index (χ0v) is 10.8. The molecule has 0 saturated carbocycles. The van der Waals surface area contributed by atoms with Crippen LogP contribution in [-0.4, -0.2) is 30.4 Å². The maximum absolute atomic E-state index is 10.5. The Morgan fingerprint density at radius 1 is 1.38 bits per heavy atom. The Morgan fingerprint density at radius 3 is 2.06 bits per heavy atom. The molecule has 16 heavy (non-hydrogen) atoms. The minimum absolute atomic E-state index is 0.118. The summed E-state index contributed by atoms with van der Waals surface area (Å²) in [7, 11) is 0. The highest BCUT2D eigenvalue weighted by Crippen LogP contribution is 2.13. The van der Waals surface area contributed by atoms with Crippen LogP contribution in [0.1, 0.15) is 33.6 Å². The number of hydrogen-bond acceptors (Lipinski definition) is 4. The molecule has 1 aliphatic heterocycles. The summed E-state index contributed by atoms with van der Waals surface area (Å²) < 4.78 is 4.55. The fourth-order valence-electron chi connectivity index (χ4n) is 1.19. The van der Waals surface area contributed by atoms with Gasteiger partial charge >= 0.3 is 0 Å². The predicted octanol–water partition coefficient (Wildman–Crippen LogP) is 1.71. The van der Waals surface area contributed by atoms with Crippen molar-refractivity contribution < 1.29 is 14.3 Å². The molecule has 94 valence electrons. The maximum Gasteiger partial charge on any atom is 0.293 e. The Morgan fingerprint density at radius 2 is 1.88 bits per heavy atom. The lowest BCUT2D eigenvalue weighted by atomic mass is 10.0. The van der Waals surface area contributed by atoms with Gasteiger partial charge in [0.25, 0.3) is 6.47 Å². The fraction of sp³-hybridized carbons (Fsp3) is 0.818. The van der Waals surface area contributed by atoms with E-state index in [1.54, 1.807) is 0 Å². The Labute approximate surface area is 102 Å². The van der Waals surface area contributed by atoms with Gasteiger partial charge < -0.3 is 10.1 Å². The van der Waals surface area contributed by atoms with Gasteiger partial charge in [0.05, 0.1) is 0 Å². The molecule has 1 fully saturated rings. The number of piperidine rings is 1. The first kappa shape index (κ1) is 15.4. The average molecular weight is 250 g/mol. The van der Waals surface area contributed by atoms with Gasteiger partial charge in [-0.1, -0.05) is 0 Å². The third kappa shape index (κ3) is 8.68. The van der Waals surface area contributed by atoms with Gasteiger partial charge in [0.15, 0.2) is 0 Å². The van der Waals surface area contributed by atoms with Crippen LogP contribution in [0.2, 0.25) is 0 Å². The lowest BCUT2D eigenvalue weighted by Crippen LogP contribution is -2.30. The third-order valence-electron chi connectivity index (χ3n) is 2.06. The number of hydrogen-bond donors (Lipinski definition) is 1. The highest BCUT2D eigenvalue weighted by molar-refractivity contribution is 6.63. The van der Waals surface area contributed by atoms with Crippen LogP contribution < -0.4 is 5.32 Å². The smallest absolute Gasteiger partial charge is 0.293 e. The number of ether oxygens (including phenoxy) is 1. The zero-order chi connectivity index (χ0) is 12.6. The third-order valence-corrected chi connectivity index (χ3v) is 2.37. The van der Waals surface area contributed by atoms with E-state index in [9.17, 15) is 9.59 Å². The molecule has 1 aliphatic rings. The van der Waals surface area contributed by atoms with Gasteiger partial charge in [0.1, 0.15) is 5.60 Å². The molecule has 0 aromatic carbocycles. The van der Waals surface area contributed by atoms with Gasteiger partial charge in [-0.05, 0) is 58.3 Å². The molecule has 0 atom stereocenters. The van der Waals surface area contributed by atoms with Crippen LogP contribution in [-0.2, 0) is 14.3 Å². The summed E-state index contributed by atoms with van der Waals surface area (Å²) in [4.78, 5) is 20.1. The monoisotopic (exact) mass is 249 g/mol. The first-order valence-corrected chi connectivity index (χ1v) is 5.76. The van der Waals surface area contributed by atoms with E-state index >= 15 is 0 Å². The van der Waals surface area contributed by atoms with Crippen LogP contribution in [0.5, 0.6) is 0 Å². The highest BCUT2D eigenvalue weighted by Gasteiger charge is 2.18. The molecule has 1 rings (SSSR count). The summed E-state index contributed by atoms with van der Waals surface area (Å²) in [6, 6.07) is 0. The second-order valence-corrected chi connectivity index (χ2v) is 5.03. The molecule has 0 aliphatic carbocycles. The van der Waals surface area contributed by atoms with Gasteiger partial charge in [0, 0.05) is 5.92 Å². The normalized spacial score (nSPS) is 17.0. The van der Waals surface area contributed by atoms with E-state index in [0.29, 0.717) is 6.47 Å². The van der Waals surface area contributed by atoms with Crippen LogP contribution in [0.4, 0.5) is 0 Å². The van der Waals surface area contributed by atoms with Gasteiger partial charge in [-0.2, -0.15) is 0 Å². The lowest BCUT2D eigenvalue weighted by Gasteiger charge is -2.18. The van der Waals surface area contributed by atoms with Crippen molar-refractivity contribution in [3.63, 3.8) is 0 Å². The molecular formula is C11H20ClNO3. The van der Waals surface area contributed by atoms with Crippen LogP contribution in [0, 0.1) is 5.92 Å². The van der Waals surface area contributed by atoms with E-state index < -0.39 is 0 Å². The summed E-state index contributed by atoms with van der Waals surface area (Å²) >= 11 is 5.29. The average Bonchev–Trinajstić information content (AvgIpc) is 2.18. The van der Waals surface area contributed by atoms with Crippen LogP contribution in [0.15, 0.2) is 0 Å². The van der Waals surface area contributed by atoms with Crippen molar-refractivity contribution in [2.45, 2.75) is 39.2 Å². The molecule has 1 heterocycles. The Hall–Kier alpha value is -0.610. The fourth-order valence-corrected chi connectivity index (χ4v) is 1.41. The Kier molecular flexibility index (Phi) is 7.34. The molecule has 4 nitrogen and oxygen atoms in total. The molecule has 1 saturated heterocycles. The molecule has 0 radical (unpaired) electrons. The number of carbonyl (C=O) groups is 2. The van der Waals surface area contributed by atoms with E-state index in [1.165, 1.54) is 0 Å². The maximum atomic E-state index is 10.5. The molecule has 0 spiro atoms. The quantitative estimate of drug-likeness (QED) is 0.598. The topological polar surface area (TPSA) is 55.4 Å². The summed E-state index contributed by atoms with van der Waals surface area (Å²) in [6.07, 6.45) is 1.81. The van der Waals surface area contributed by atoms with E-state index in [0.717, 1.165) is 25.9 Å². The van der Waals surface area contributed by atoms with E-state index in [-0.39, 0.29) is 16.8 Å². The minimum Gasteiger partial charge on any atom is -0.462 e. The van der Waals surface area contributed by atoms with Crippen LogP contribution in [0.25, 0.3) is 0 Å². The number of rotatable bonds is 2. The number of carbonyl (C=O) groups excluding carboxylic acids is 2. The Balaban J connectivity index is 0.000000293. The second kappa shape index (κ2) is 7.63. The minimum atomic E-state index is -0.318. The molecule has 0 aromatic heterocycles. The van der Waals surface area contributed by atoms with Crippen molar-refractivity contribution in [3.8, 4) is 0 Å². The van der Waals surface area contributed by atoms with E-state index in [1.807, 2.05) is 20.8 Å². The Bertz CT molecular complexity index is 220. The molecule has 0 aromatic rings. The summed E-state index contributed by atoms with van der Waals surface area (Å²) in [6.45, 7) is 7.79. The SMILES string of the molecule is CC(C)(C)OC=O.O=C(Cl)C1CCNCC1. The molecule has 5 heteroatoms. The predicted molar refractivity (Wildman–Crippen MR) is 63.4 cm³/mol. The highest BCUT2D eigenvalue weighted by atomic mass is 35.5. The first-order chi connectivity index (χ1) is 7.37. The van der Waals surface area contributed by atoms with Crippen LogP contribution >= 0.6 is 11.6 Å². The second-order valence-electron chi connectivity index (χ2n) is 4.65. The van der Waals surface area contributed by atoms with E-state index in [4.69, 9.17) is 11.6 Å². The lowest BCUT2D eigenvalue weighted by molar-refractivity contribution is -0.138. The van der Waals surface area contributed by atoms with Gasteiger partial charge in [-0.3, -0.25) is 9.59 Å². The van der Waals surface area contributed by atoms with Crippen molar-refractivity contribution in [1.29, 1.82) is 0 Å². The van der Waals surface area contributed by atoms with Crippen molar-refractivity contribution in [2.24, 2.45) is 5.92 Å². The largest absolute Gasteiger partial charge is 0.462 e. The van der Waals surface area contributed by atoms with Crippen molar-refractivity contribution in [3.05, 3.63) is 0 Å².